The summed E-state index contributed by atoms with van der Waals surface area (Å²) in [4.78, 5) is 12.4. The predicted octanol–water partition coefficient (Wildman–Crippen LogP) is 11.3. The Morgan fingerprint density at radius 3 is 1.91 bits per heavy atom. The van der Waals surface area contributed by atoms with Crippen LogP contribution in [0.1, 0.15) is 46.3 Å². The van der Waals surface area contributed by atoms with Gasteiger partial charge in [0.05, 0.1) is 17.6 Å². The van der Waals surface area contributed by atoms with Crippen molar-refractivity contribution in [1.29, 1.82) is 21.0 Å². The number of thiophene rings is 6. The number of rotatable bonds is 8. The Labute approximate surface area is 279 Å². The highest BCUT2D eigenvalue weighted by atomic mass is 32.1. The monoisotopic (exact) mass is 676 g/mol. The van der Waals surface area contributed by atoms with E-state index in [9.17, 15) is 10.5 Å². The molecular weight excluding hydrogens is 657 g/mol. The van der Waals surface area contributed by atoms with Gasteiger partial charge in [0.15, 0.2) is 0 Å². The van der Waals surface area contributed by atoms with Crippen molar-refractivity contribution in [3.8, 4) is 53.5 Å². The highest BCUT2D eigenvalue weighted by Crippen LogP contribution is 2.45. The lowest BCUT2D eigenvalue weighted by molar-refractivity contribution is 0.881. The van der Waals surface area contributed by atoms with E-state index in [-0.39, 0.29) is 5.92 Å². The normalized spacial score (nSPS) is 11.9. The van der Waals surface area contributed by atoms with Crippen LogP contribution in [0, 0.1) is 59.2 Å². The minimum absolute atomic E-state index is 0.258. The molecule has 6 aromatic rings. The maximum Gasteiger partial charge on any atom is 0.110 e. The van der Waals surface area contributed by atoms with E-state index in [2.05, 4.69) is 74.5 Å². The van der Waals surface area contributed by atoms with Crippen molar-refractivity contribution >= 4 is 79.7 Å². The topological polar surface area (TPSA) is 95.2 Å². The molecule has 212 valence electrons. The van der Waals surface area contributed by atoms with Crippen LogP contribution in [0.25, 0.3) is 40.9 Å². The van der Waals surface area contributed by atoms with Gasteiger partial charge < -0.3 is 0 Å². The van der Waals surface area contributed by atoms with Crippen LogP contribution in [0.4, 0.5) is 0 Å². The SMILES string of the molecule is Cc1cc(/C=C(\C#N)c2ccc(C#N)s2)sc1-c1ccc(-c2ccc(-c3sc(CC(C#N)c4ccc(C#N)s4)cc3C)s2)s1. The summed E-state index contributed by atoms with van der Waals surface area (Å²) in [5.41, 5.74) is 2.95. The zero-order chi connectivity index (χ0) is 30.8. The third kappa shape index (κ3) is 6.11. The standard InChI is InChI=1S/C34H20N4S6/c1-19-11-25(13-21(15-35)27-5-3-23(17-37)39-27)41-33(19)31-9-7-29(43-31)30-8-10-32(44-30)34-20(2)12-26(42-34)14-22(16-36)28-6-4-24(18-38)40-28/h3-13,22H,14H2,1-2H3/b21-13+. The van der Waals surface area contributed by atoms with Crippen LogP contribution < -0.4 is 0 Å². The maximum atomic E-state index is 9.81. The lowest BCUT2D eigenvalue weighted by atomic mass is 10.0. The van der Waals surface area contributed by atoms with Crippen molar-refractivity contribution in [2.45, 2.75) is 26.2 Å². The van der Waals surface area contributed by atoms with Gasteiger partial charge in [-0.05, 0) is 91.7 Å². The number of nitriles is 4. The smallest absolute Gasteiger partial charge is 0.110 e. The zero-order valence-corrected chi connectivity index (χ0v) is 28.3. The largest absolute Gasteiger partial charge is 0.198 e. The van der Waals surface area contributed by atoms with Gasteiger partial charge in [-0.25, -0.2) is 0 Å². The van der Waals surface area contributed by atoms with Crippen LogP contribution in [-0.2, 0) is 6.42 Å². The molecule has 0 aromatic carbocycles. The predicted molar refractivity (Wildman–Crippen MR) is 187 cm³/mol. The lowest BCUT2D eigenvalue weighted by Crippen LogP contribution is -1.96. The molecule has 0 saturated heterocycles. The number of hydrogen-bond donors (Lipinski definition) is 0. The fourth-order valence-corrected chi connectivity index (χ4v) is 11.2. The molecule has 0 bridgehead atoms. The summed E-state index contributed by atoms with van der Waals surface area (Å²) in [6, 6.07) is 29.3. The summed E-state index contributed by atoms with van der Waals surface area (Å²) in [6.07, 6.45) is 2.55. The van der Waals surface area contributed by atoms with E-state index in [1.54, 1.807) is 57.5 Å². The Bertz CT molecular complexity index is 2200. The first-order chi connectivity index (χ1) is 21.4. The first-order valence-electron chi connectivity index (χ1n) is 13.3. The van der Waals surface area contributed by atoms with Crippen molar-refractivity contribution in [3.63, 3.8) is 0 Å². The highest BCUT2D eigenvalue weighted by Gasteiger charge is 2.19. The first kappa shape index (κ1) is 29.9. The van der Waals surface area contributed by atoms with Gasteiger partial charge in [0.2, 0.25) is 0 Å². The fourth-order valence-electron chi connectivity index (χ4n) is 4.76. The van der Waals surface area contributed by atoms with Crippen molar-refractivity contribution in [1.82, 2.24) is 0 Å². The van der Waals surface area contributed by atoms with Crippen LogP contribution in [0.5, 0.6) is 0 Å². The fraction of sp³-hybridized carbons (Fsp3) is 0.118. The number of hydrogen-bond acceptors (Lipinski definition) is 10. The van der Waals surface area contributed by atoms with Gasteiger partial charge in [-0.2, -0.15) is 21.0 Å². The summed E-state index contributed by atoms with van der Waals surface area (Å²) in [6.45, 7) is 4.23. The molecule has 44 heavy (non-hydrogen) atoms. The molecule has 10 heteroatoms. The number of nitrogens with zero attached hydrogens (tertiary/aromatic N) is 4. The van der Waals surface area contributed by atoms with Crippen LogP contribution in [0.3, 0.4) is 0 Å². The molecule has 0 aliphatic heterocycles. The molecule has 0 fully saturated rings. The molecule has 6 rings (SSSR count). The molecule has 0 saturated carbocycles. The van der Waals surface area contributed by atoms with Crippen molar-refractivity contribution in [2.75, 3.05) is 0 Å². The molecule has 1 atom stereocenters. The van der Waals surface area contributed by atoms with E-state index in [0.29, 0.717) is 21.7 Å². The molecule has 0 aliphatic carbocycles. The Kier molecular flexibility index (Phi) is 8.76. The molecule has 1 unspecified atom stereocenters. The molecule has 0 amide bonds. The van der Waals surface area contributed by atoms with Gasteiger partial charge in [0.25, 0.3) is 0 Å². The van der Waals surface area contributed by atoms with E-state index in [1.165, 1.54) is 67.9 Å². The van der Waals surface area contributed by atoms with Crippen LogP contribution >= 0.6 is 68.0 Å². The van der Waals surface area contributed by atoms with Crippen LogP contribution in [0.2, 0.25) is 0 Å². The Balaban J connectivity index is 1.21. The van der Waals surface area contributed by atoms with E-state index < -0.39 is 0 Å². The summed E-state index contributed by atoms with van der Waals surface area (Å²) in [5.74, 6) is -0.258. The van der Waals surface area contributed by atoms with E-state index >= 15 is 0 Å². The van der Waals surface area contributed by atoms with Gasteiger partial charge >= 0.3 is 0 Å². The molecule has 6 heterocycles. The van der Waals surface area contributed by atoms with Gasteiger partial charge in [0, 0.05) is 55.2 Å². The average molecular weight is 677 g/mol. The quantitative estimate of drug-likeness (QED) is 0.150. The number of aryl methyl sites for hydroxylation is 2. The lowest BCUT2D eigenvalue weighted by Gasteiger charge is -2.04. The minimum Gasteiger partial charge on any atom is -0.198 e. The maximum absolute atomic E-state index is 9.81. The molecule has 0 aliphatic rings. The van der Waals surface area contributed by atoms with Crippen LogP contribution in [-0.4, -0.2) is 0 Å². The van der Waals surface area contributed by atoms with Gasteiger partial charge in [-0.3, -0.25) is 0 Å². The molecular formula is C34H20N4S6. The van der Waals surface area contributed by atoms with E-state index in [1.807, 2.05) is 18.2 Å². The number of allylic oxidation sites excluding steroid dienone is 1. The average Bonchev–Trinajstić information content (AvgIpc) is 3.86. The summed E-state index contributed by atoms with van der Waals surface area (Å²) < 4.78 is 0. The van der Waals surface area contributed by atoms with Crippen LogP contribution in [0.15, 0.2) is 60.7 Å². The van der Waals surface area contributed by atoms with Crippen molar-refractivity contribution in [3.05, 3.63) is 101 Å². The Hall–Kier alpha value is -4.10. The highest BCUT2D eigenvalue weighted by molar-refractivity contribution is 7.28. The second kappa shape index (κ2) is 12.9. The Morgan fingerprint density at radius 1 is 0.682 bits per heavy atom. The third-order valence-electron chi connectivity index (χ3n) is 6.84. The summed E-state index contributed by atoms with van der Waals surface area (Å²) in [5, 5.41) is 37.9. The Morgan fingerprint density at radius 2 is 1.30 bits per heavy atom. The van der Waals surface area contributed by atoms with Gasteiger partial charge in [0.1, 0.15) is 28.0 Å². The molecule has 0 spiro atoms. The van der Waals surface area contributed by atoms with Crippen molar-refractivity contribution in [2.24, 2.45) is 0 Å². The van der Waals surface area contributed by atoms with Gasteiger partial charge in [-0.1, -0.05) is 0 Å². The molecule has 0 N–H and O–H groups in total. The van der Waals surface area contributed by atoms with E-state index in [0.717, 1.165) is 14.6 Å². The summed E-state index contributed by atoms with van der Waals surface area (Å²) in [7, 11) is 0. The molecule has 0 radical (unpaired) electrons. The van der Waals surface area contributed by atoms with Crippen molar-refractivity contribution < 1.29 is 0 Å². The second-order valence-corrected chi connectivity index (χ2v) is 16.4. The molecule has 4 nitrogen and oxygen atoms in total. The minimum atomic E-state index is -0.258. The second-order valence-electron chi connectivity index (χ2n) is 9.86. The van der Waals surface area contributed by atoms with Gasteiger partial charge in [-0.15, -0.1) is 68.0 Å². The van der Waals surface area contributed by atoms with E-state index in [4.69, 9.17) is 10.5 Å². The summed E-state index contributed by atoms with van der Waals surface area (Å²) >= 11 is 9.71. The zero-order valence-electron chi connectivity index (χ0n) is 23.4. The first-order valence-corrected chi connectivity index (χ1v) is 18.2. The third-order valence-corrected chi connectivity index (χ3v) is 14.1. The molecule has 6 aromatic heterocycles.